The molecule has 2 aliphatic rings. The van der Waals surface area contributed by atoms with Crippen LogP contribution in [0.25, 0.3) is 0 Å². The molecule has 20 heavy (non-hydrogen) atoms. The van der Waals surface area contributed by atoms with Crippen molar-refractivity contribution in [2.24, 2.45) is 11.8 Å². The maximum Gasteiger partial charge on any atom is 0.0802 e. The van der Waals surface area contributed by atoms with E-state index in [1.807, 2.05) is 24.3 Å². The van der Waals surface area contributed by atoms with Crippen molar-refractivity contribution in [1.82, 2.24) is 4.90 Å². The topological polar surface area (TPSA) is 43.7 Å². The molecule has 1 heterocycles. The first-order valence-corrected chi connectivity index (χ1v) is 8.27. The number of nitrogens with zero attached hydrogens (tertiary/aromatic N) is 1. The summed E-state index contributed by atoms with van der Waals surface area (Å²) in [6.45, 7) is 3.00. The van der Waals surface area contributed by atoms with Crippen LogP contribution >= 0.6 is 15.9 Å². The lowest BCUT2D eigenvalue weighted by Crippen LogP contribution is -2.26. The molecule has 0 spiro atoms. The average molecular weight is 340 g/mol. The van der Waals surface area contributed by atoms with Gasteiger partial charge in [0.1, 0.15) is 0 Å². The SMILES string of the molecule is OC(CCN1CC2CCC(O)C2C1)c1cccc(Br)c1. The van der Waals surface area contributed by atoms with Crippen molar-refractivity contribution >= 4 is 15.9 Å². The second-order valence-corrected chi connectivity index (χ2v) is 7.10. The summed E-state index contributed by atoms with van der Waals surface area (Å²) in [7, 11) is 0. The first kappa shape index (κ1) is 14.5. The zero-order valence-electron chi connectivity index (χ0n) is 11.6. The standard InChI is InChI=1S/C16H22BrNO2/c17-13-3-1-2-11(8-13)15(19)6-7-18-9-12-4-5-16(20)14(12)10-18/h1-3,8,12,14-16,19-20H,4-7,9-10H2. The Bertz CT molecular complexity index is 468. The lowest BCUT2D eigenvalue weighted by molar-refractivity contribution is 0.117. The van der Waals surface area contributed by atoms with E-state index in [1.165, 1.54) is 0 Å². The third kappa shape index (κ3) is 3.08. The van der Waals surface area contributed by atoms with E-state index >= 15 is 0 Å². The number of aliphatic hydroxyl groups is 2. The molecule has 3 nitrogen and oxygen atoms in total. The minimum Gasteiger partial charge on any atom is -0.393 e. The van der Waals surface area contributed by atoms with Crippen molar-refractivity contribution in [3.63, 3.8) is 0 Å². The molecule has 1 saturated heterocycles. The monoisotopic (exact) mass is 339 g/mol. The molecule has 4 atom stereocenters. The highest BCUT2D eigenvalue weighted by molar-refractivity contribution is 9.10. The van der Waals surface area contributed by atoms with Gasteiger partial charge in [0.15, 0.2) is 0 Å². The molecule has 0 aromatic heterocycles. The van der Waals surface area contributed by atoms with Gasteiger partial charge >= 0.3 is 0 Å². The first-order valence-electron chi connectivity index (χ1n) is 7.47. The van der Waals surface area contributed by atoms with Crippen LogP contribution in [0.2, 0.25) is 0 Å². The van der Waals surface area contributed by atoms with E-state index in [1.54, 1.807) is 0 Å². The van der Waals surface area contributed by atoms with Gasteiger partial charge in [-0.3, -0.25) is 0 Å². The third-order valence-electron chi connectivity index (χ3n) is 4.85. The van der Waals surface area contributed by atoms with E-state index in [-0.39, 0.29) is 6.10 Å². The minimum absolute atomic E-state index is 0.0972. The van der Waals surface area contributed by atoms with Crippen molar-refractivity contribution < 1.29 is 10.2 Å². The van der Waals surface area contributed by atoms with Crippen LogP contribution in [-0.4, -0.2) is 40.9 Å². The van der Waals surface area contributed by atoms with Gasteiger partial charge in [0.25, 0.3) is 0 Å². The summed E-state index contributed by atoms with van der Waals surface area (Å²) in [5, 5.41) is 20.2. The Labute approximate surface area is 128 Å². The number of halogens is 1. The Hall–Kier alpha value is -0.420. The van der Waals surface area contributed by atoms with Crippen molar-refractivity contribution in [2.75, 3.05) is 19.6 Å². The van der Waals surface area contributed by atoms with Gasteiger partial charge in [-0.25, -0.2) is 0 Å². The van der Waals surface area contributed by atoms with Crippen LogP contribution in [0.4, 0.5) is 0 Å². The zero-order valence-corrected chi connectivity index (χ0v) is 13.2. The number of hydrogen-bond acceptors (Lipinski definition) is 3. The molecule has 4 unspecified atom stereocenters. The first-order chi connectivity index (χ1) is 9.63. The molecule has 0 radical (unpaired) electrons. The lowest BCUT2D eigenvalue weighted by atomic mass is 10.00. The number of rotatable bonds is 4. The molecule has 1 aromatic rings. The highest BCUT2D eigenvalue weighted by atomic mass is 79.9. The molecule has 1 aromatic carbocycles. The molecular formula is C16H22BrNO2. The van der Waals surface area contributed by atoms with Crippen molar-refractivity contribution in [1.29, 1.82) is 0 Å². The summed E-state index contributed by atoms with van der Waals surface area (Å²) < 4.78 is 1.01. The van der Waals surface area contributed by atoms with Crippen LogP contribution in [-0.2, 0) is 0 Å². The Morgan fingerprint density at radius 3 is 2.90 bits per heavy atom. The van der Waals surface area contributed by atoms with E-state index in [4.69, 9.17) is 0 Å². The van der Waals surface area contributed by atoms with E-state index in [2.05, 4.69) is 20.8 Å². The second-order valence-electron chi connectivity index (χ2n) is 6.19. The summed E-state index contributed by atoms with van der Waals surface area (Å²) >= 11 is 3.44. The average Bonchev–Trinajstić information content (AvgIpc) is 2.98. The summed E-state index contributed by atoms with van der Waals surface area (Å²) in [5.41, 5.74) is 0.971. The quantitative estimate of drug-likeness (QED) is 0.886. The van der Waals surface area contributed by atoms with Crippen LogP contribution in [0, 0.1) is 11.8 Å². The molecule has 4 heteroatoms. The fourth-order valence-electron chi connectivity index (χ4n) is 3.70. The molecule has 2 N–H and O–H groups in total. The summed E-state index contributed by atoms with van der Waals surface area (Å²) in [6, 6.07) is 7.88. The van der Waals surface area contributed by atoms with Crippen molar-refractivity contribution in [3.8, 4) is 0 Å². The molecule has 0 bridgehead atoms. The highest BCUT2D eigenvalue weighted by Crippen LogP contribution is 2.38. The molecule has 1 aliphatic carbocycles. The minimum atomic E-state index is -0.405. The van der Waals surface area contributed by atoms with Gasteiger partial charge in [-0.15, -0.1) is 0 Å². The van der Waals surface area contributed by atoms with E-state index in [0.29, 0.717) is 11.8 Å². The Balaban J connectivity index is 1.50. The maximum absolute atomic E-state index is 10.3. The van der Waals surface area contributed by atoms with Gasteiger partial charge in [-0.05, 0) is 42.9 Å². The predicted molar refractivity (Wildman–Crippen MR) is 82.4 cm³/mol. The smallest absolute Gasteiger partial charge is 0.0802 e. The van der Waals surface area contributed by atoms with E-state index < -0.39 is 6.10 Å². The molecule has 3 rings (SSSR count). The molecule has 0 amide bonds. The summed E-state index contributed by atoms with van der Waals surface area (Å²) in [4.78, 5) is 2.40. The van der Waals surface area contributed by atoms with Gasteiger partial charge in [0.2, 0.25) is 0 Å². The maximum atomic E-state index is 10.3. The van der Waals surface area contributed by atoms with Gasteiger partial charge in [-0.1, -0.05) is 28.1 Å². The van der Waals surface area contributed by atoms with Crippen LogP contribution in [0.15, 0.2) is 28.7 Å². The third-order valence-corrected chi connectivity index (χ3v) is 5.34. The number of hydrogen-bond donors (Lipinski definition) is 2. The molecule has 110 valence electrons. The van der Waals surface area contributed by atoms with Crippen LogP contribution in [0.3, 0.4) is 0 Å². The van der Waals surface area contributed by atoms with Crippen LogP contribution in [0.5, 0.6) is 0 Å². The Morgan fingerprint density at radius 1 is 1.30 bits per heavy atom. The lowest BCUT2D eigenvalue weighted by Gasteiger charge is -2.20. The highest BCUT2D eigenvalue weighted by Gasteiger charge is 2.41. The predicted octanol–water partition coefficient (Wildman–Crippen LogP) is 2.58. The van der Waals surface area contributed by atoms with Gasteiger partial charge < -0.3 is 15.1 Å². The van der Waals surface area contributed by atoms with Gasteiger partial charge in [-0.2, -0.15) is 0 Å². The summed E-state index contributed by atoms with van der Waals surface area (Å²) in [5.74, 6) is 1.14. The Morgan fingerprint density at radius 2 is 2.15 bits per heavy atom. The fourth-order valence-corrected chi connectivity index (χ4v) is 4.11. The number of benzene rings is 1. The fraction of sp³-hybridized carbons (Fsp3) is 0.625. The summed E-state index contributed by atoms with van der Waals surface area (Å²) in [6.07, 6.45) is 2.39. The van der Waals surface area contributed by atoms with Crippen molar-refractivity contribution in [3.05, 3.63) is 34.3 Å². The number of likely N-dealkylation sites (tertiary alicyclic amines) is 1. The second kappa shape index (κ2) is 6.14. The van der Waals surface area contributed by atoms with Crippen molar-refractivity contribution in [2.45, 2.75) is 31.5 Å². The molecule has 1 aliphatic heterocycles. The zero-order chi connectivity index (χ0) is 14.1. The van der Waals surface area contributed by atoms with Gasteiger partial charge in [0.05, 0.1) is 12.2 Å². The number of fused-ring (bicyclic) bond motifs is 1. The molecule has 2 fully saturated rings. The van der Waals surface area contributed by atoms with E-state index in [0.717, 1.165) is 48.9 Å². The molecular weight excluding hydrogens is 318 g/mol. The number of aliphatic hydroxyl groups excluding tert-OH is 2. The normalized spacial score (nSPS) is 31.4. The largest absolute Gasteiger partial charge is 0.393 e. The van der Waals surface area contributed by atoms with E-state index in [9.17, 15) is 10.2 Å². The van der Waals surface area contributed by atoms with Crippen LogP contribution < -0.4 is 0 Å². The Kier molecular flexibility index (Phi) is 4.46. The van der Waals surface area contributed by atoms with Crippen LogP contribution in [0.1, 0.15) is 30.9 Å². The van der Waals surface area contributed by atoms with Gasteiger partial charge in [0, 0.05) is 30.0 Å². The molecule has 1 saturated carbocycles.